The van der Waals surface area contributed by atoms with Crippen molar-refractivity contribution in [1.82, 2.24) is 4.90 Å². The molecule has 1 aliphatic rings. The molecule has 0 N–H and O–H groups in total. The van der Waals surface area contributed by atoms with Gasteiger partial charge in [0, 0.05) is 13.1 Å². The summed E-state index contributed by atoms with van der Waals surface area (Å²) in [6, 6.07) is 10.8. The molecule has 1 nitrogen and oxygen atoms in total. The zero-order valence-electron chi connectivity index (χ0n) is 10.6. The van der Waals surface area contributed by atoms with Crippen LogP contribution in [0.2, 0.25) is 0 Å². The van der Waals surface area contributed by atoms with Gasteiger partial charge < -0.3 is 0 Å². The van der Waals surface area contributed by atoms with E-state index in [1.165, 1.54) is 43.5 Å². The Morgan fingerprint density at radius 3 is 2.59 bits per heavy atom. The standard InChI is InChI=1S/C16H22N/c1-2-3-7-12-17-13-10-16(11-14-17)15-8-5-4-6-9-15/h4-6,8-10H,1-3,7,11-14H2. The Hall–Kier alpha value is -1.08. The maximum absolute atomic E-state index is 3.89. The largest absolute Gasteiger partial charge is 0.299 e. The lowest BCUT2D eigenvalue weighted by molar-refractivity contribution is 0.295. The first-order chi connectivity index (χ1) is 8.40. The van der Waals surface area contributed by atoms with Crippen molar-refractivity contribution in [3.05, 3.63) is 48.9 Å². The molecule has 2 rings (SSSR count). The third-order valence-electron chi connectivity index (χ3n) is 3.41. The highest BCUT2D eigenvalue weighted by Gasteiger charge is 2.11. The lowest BCUT2D eigenvalue weighted by atomic mass is 9.99. The number of hydrogen-bond acceptors (Lipinski definition) is 1. The van der Waals surface area contributed by atoms with Gasteiger partial charge in [0.15, 0.2) is 0 Å². The fourth-order valence-electron chi connectivity index (χ4n) is 2.34. The summed E-state index contributed by atoms with van der Waals surface area (Å²) in [4.78, 5) is 2.54. The predicted molar refractivity (Wildman–Crippen MR) is 74.7 cm³/mol. The molecule has 0 unspecified atom stereocenters. The first-order valence-electron chi connectivity index (χ1n) is 6.66. The van der Waals surface area contributed by atoms with Crippen LogP contribution in [0.3, 0.4) is 0 Å². The van der Waals surface area contributed by atoms with Crippen LogP contribution in [-0.4, -0.2) is 24.5 Å². The van der Waals surface area contributed by atoms with Crippen LogP contribution in [0.15, 0.2) is 36.4 Å². The van der Waals surface area contributed by atoms with Gasteiger partial charge in [-0.2, -0.15) is 0 Å². The maximum atomic E-state index is 3.89. The highest BCUT2D eigenvalue weighted by atomic mass is 15.1. The van der Waals surface area contributed by atoms with Gasteiger partial charge in [0.2, 0.25) is 0 Å². The highest BCUT2D eigenvalue weighted by Crippen LogP contribution is 2.21. The monoisotopic (exact) mass is 228 g/mol. The Kier molecular flexibility index (Phi) is 4.81. The van der Waals surface area contributed by atoms with E-state index in [0.717, 1.165) is 13.0 Å². The first kappa shape index (κ1) is 12.4. The summed E-state index contributed by atoms with van der Waals surface area (Å²) in [6.45, 7) is 7.44. The average molecular weight is 228 g/mol. The molecule has 0 bridgehead atoms. The van der Waals surface area contributed by atoms with E-state index in [4.69, 9.17) is 0 Å². The molecule has 0 spiro atoms. The van der Waals surface area contributed by atoms with Crippen molar-refractivity contribution in [2.24, 2.45) is 0 Å². The molecule has 1 aromatic carbocycles. The van der Waals surface area contributed by atoms with Crippen molar-refractivity contribution in [2.75, 3.05) is 19.6 Å². The van der Waals surface area contributed by atoms with Gasteiger partial charge in [-0.25, -0.2) is 0 Å². The number of unbranched alkanes of at least 4 members (excludes halogenated alkanes) is 2. The maximum Gasteiger partial charge on any atom is 0.0169 e. The van der Waals surface area contributed by atoms with Crippen molar-refractivity contribution < 1.29 is 0 Å². The van der Waals surface area contributed by atoms with Crippen molar-refractivity contribution in [1.29, 1.82) is 0 Å². The van der Waals surface area contributed by atoms with E-state index in [0.29, 0.717) is 0 Å². The Balaban J connectivity index is 1.85. The second-order valence-electron chi connectivity index (χ2n) is 4.71. The van der Waals surface area contributed by atoms with E-state index in [1.807, 2.05) is 0 Å². The van der Waals surface area contributed by atoms with Crippen molar-refractivity contribution in [2.45, 2.75) is 25.7 Å². The van der Waals surface area contributed by atoms with Crippen LogP contribution >= 0.6 is 0 Å². The summed E-state index contributed by atoms with van der Waals surface area (Å²) in [7, 11) is 0. The molecular weight excluding hydrogens is 206 g/mol. The quantitative estimate of drug-likeness (QED) is 0.693. The van der Waals surface area contributed by atoms with E-state index in [1.54, 1.807) is 0 Å². The third-order valence-corrected chi connectivity index (χ3v) is 3.41. The Bertz CT molecular complexity index is 353. The molecule has 0 aromatic heterocycles. The van der Waals surface area contributed by atoms with Crippen molar-refractivity contribution >= 4 is 5.57 Å². The molecule has 0 atom stereocenters. The van der Waals surface area contributed by atoms with Gasteiger partial charge in [-0.15, -0.1) is 0 Å². The van der Waals surface area contributed by atoms with Gasteiger partial charge in [-0.3, -0.25) is 4.90 Å². The zero-order valence-corrected chi connectivity index (χ0v) is 10.6. The number of benzene rings is 1. The van der Waals surface area contributed by atoms with Crippen LogP contribution in [0, 0.1) is 6.92 Å². The van der Waals surface area contributed by atoms with E-state index in [-0.39, 0.29) is 0 Å². The van der Waals surface area contributed by atoms with Gasteiger partial charge in [-0.1, -0.05) is 56.2 Å². The van der Waals surface area contributed by atoms with Gasteiger partial charge in [0.25, 0.3) is 0 Å². The van der Waals surface area contributed by atoms with Crippen molar-refractivity contribution in [3.8, 4) is 0 Å². The predicted octanol–water partition coefficient (Wildman–Crippen LogP) is 3.78. The summed E-state index contributed by atoms with van der Waals surface area (Å²) in [5.41, 5.74) is 2.91. The minimum absolute atomic E-state index is 1.07. The fourth-order valence-corrected chi connectivity index (χ4v) is 2.34. The second-order valence-corrected chi connectivity index (χ2v) is 4.71. The molecule has 0 saturated carbocycles. The lowest BCUT2D eigenvalue weighted by Gasteiger charge is -2.26. The summed E-state index contributed by atoms with van der Waals surface area (Å²) in [5, 5.41) is 0. The molecule has 1 aliphatic heterocycles. The molecule has 1 aromatic rings. The minimum atomic E-state index is 1.07. The topological polar surface area (TPSA) is 3.24 Å². The molecule has 0 amide bonds. The van der Waals surface area contributed by atoms with Crippen LogP contribution in [-0.2, 0) is 0 Å². The Morgan fingerprint density at radius 2 is 1.94 bits per heavy atom. The molecule has 0 fully saturated rings. The summed E-state index contributed by atoms with van der Waals surface area (Å²) in [6.07, 6.45) is 7.19. The highest BCUT2D eigenvalue weighted by molar-refractivity contribution is 5.66. The molecular formula is C16H22N. The summed E-state index contributed by atoms with van der Waals surface area (Å²) in [5.74, 6) is 0. The molecule has 1 heterocycles. The van der Waals surface area contributed by atoms with Crippen LogP contribution in [0.25, 0.3) is 5.57 Å². The van der Waals surface area contributed by atoms with Gasteiger partial charge in [0.05, 0.1) is 0 Å². The SMILES string of the molecule is [CH2]CCCCN1CC=C(c2ccccc2)CC1. The van der Waals surface area contributed by atoms with Crippen molar-refractivity contribution in [3.63, 3.8) is 0 Å². The number of hydrogen-bond donors (Lipinski definition) is 0. The Morgan fingerprint density at radius 1 is 1.12 bits per heavy atom. The third kappa shape index (κ3) is 3.71. The molecule has 17 heavy (non-hydrogen) atoms. The molecule has 91 valence electrons. The second kappa shape index (κ2) is 6.61. The minimum Gasteiger partial charge on any atom is -0.299 e. The average Bonchev–Trinajstić information content (AvgIpc) is 2.41. The molecule has 0 saturated heterocycles. The Labute approximate surface area is 105 Å². The summed E-state index contributed by atoms with van der Waals surface area (Å²) >= 11 is 0. The molecule has 1 radical (unpaired) electrons. The molecule has 0 aliphatic carbocycles. The lowest BCUT2D eigenvalue weighted by Crippen LogP contribution is -2.29. The van der Waals surface area contributed by atoms with Gasteiger partial charge in [0.1, 0.15) is 0 Å². The number of rotatable bonds is 5. The molecule has 1 heteroatoms. The van der Waals surface area contributed by atoms with Crippen LogP contribution in [0.4, 0.5) is 0 Å². The van der Waals surface area contributed by atoms with E-state index in [2.05, 4.69) is 48.2 Å². The van der Waals surface area contributed by atoms with E-state index >= 15 is 0 Å². The van der Waals surface area contributed by atoms with Crippen LogP contribution < -0.4 is 0 Å². The van der Waals surface area contributed by atoms with E-state index < -0.39 is 0 Å². The van der Waals surface area contributed by atoms with Crippen LogP contribution in [0.5, 0.6) is 0 Å². The summed E-state index contributed by atoms with van der Waals surface area (Å²) < 4.78 is 0. The van der Waals surface area contributed by atoms with Crippen LogP contribution in [0.1, 0.15) is 31.2 Å². The van der Waals surface area contributed by atoms with Gasteiger partial charge in [-0.05, 0) is 30.5 Å². The number of nitrogens with zero attached hydrogens (tertiary/aromatic N) is 1. The fraction of sp³-hybridized carbons (Fsp3) is 0.438. The first-order valence-corrected chi connectivity index (χ1v) is 6.66. The zero-order chi connectivity index (χ0) is 11.9. The smallest absolute Gasteiger partial charge is 0.0169 e. The van der Waals surface area contributed by atoms with Gasteiger partial charge >= 0.3 is 0 Å². The van der Waals surface area contributed by atoms with E-state index in [9.17, 15) is 0 Å². The normalized spacial score (nSPS) is 16.9.